The lowest BCUT2D eigenvalue weighted by Gasteiger charge is -2.17. The first-order valence-electron chi connectivity index (χ1n) is 8.51. The Morgan fingerprint density at radius 2 is 1.93 bits per heavy atom. The predicted molar refractivity (Wildman–Crippen MR) is 100 cm³/mol. The fourth-order valence-electron chi connectivity index (χ4n) is 2.97. The van der Waals surface area contributed by atoms with E-state index in [2.05, 4.69) is 5.32 Å². The SMILES string of the molecule is COC(=O)c1cc(OC)ccc1NC(=O)c1cccc(N2CCCC2=O)c1. The van der Waals surface area contributed by atoms with E-state index in [1.54, 1.807) is 41.3 Å². The smallest absolute Gasteiger partial charge is 0.340 e. The van der Waals surface area contributed by atoms with Crippen LogP contribution in [0.1, 0.15) is 33.6 Å². The van der Waals surface area contributed by atoms with E-state index in [4.69, 9.17) is 9.47 Å². The average molecular weight is 368 g/mol. The fraction of sp³-hybridized carbons (Fsp3) is 0.250. The fourth-order valence-corrected chi connectivity index (χ4v) is 2.97. The van der Waals surface area contributed by atoms with Gasteiger partial charge < -0.3 is 19.7 Å². The highest BCUT2D eigenvalue weighted by Gasteiger charge is 2.22. The second-order valence-corrected chi connectivity index (χ2v) is 6.06. The number of methoxy groups -OCH3 is 2. The lowest BCUT2D eigenvalue weighted by molar-refractivity contribution is -0.117. The van der Waals surface area contributed by atoms with Crippen LogP contribution < -0.4 is 15.0 Å². The molecule has 1 fully saturated rings. The van der Waals surface area contributed by atoms with Gasteiger partial charge in [0.1, 0.15) is 5.75 Å². The number of carbonyl (C=O) groups excluding carboxylic acids is 3. The highest BCUT2D eigenvalue weighted by molar-refractivity contribution is 6.09. The number of ether oxygens (including phenoxy) is 2. The molecule has 0 atom stereocenters. The molecule has 1 aliphatic rings. The Kier molecular flexibility index (Phi) is 5.40. The topological polar surface area (TPSA) is 84.9 Å². The van der Waals surface area contributed by atoms with Gasteiger partial charge in [-0.05, 0) is 42.8 Å². The van der Waals surface area contributed by atoms with Crippen molar-refractivity contribution in [2.75, 3.05) is 31.0 Å². The van der Waals surface area contributed by atoms with Gasteiger partial charge in [0.2, 0.25) is 5.91 Å². The second-order valence-electron chi connectivity index (χ2n) is 6.06. The molecule has 0 saturated carbocycles. The summed E-state index contributed by atoms with van der Waals surface area (Å²) in [5.74, 6) is -0.446. The van der Waals surface area contributed by atoms with Gasteiger partial charge in [-0.25, -0.2) is 4.79 Å². The van der Waals surface area contributed by atoms with Gasteiger partial charge in [-0.15, -0.1) is 0 Å². The molecule has 7 nitrogen and oxygen atoms in total. The van der Waals surface area contributed by atoms with Crippen LogP contribution in [0.15, 0.2) is 42.5 Å². The van der Waals surface area contributed by atoms with E-state index in [1.807, 2.05) is 0 Å². The Bertz CT molecular complexity index is 894. The Balaban J connectivity index is 1.85. The summed E-state index contributed by atoms with van der Waals surface area (Å²) >= 11 is 0. The van der Waals surface area contributed by atoms with Crippen molar-refractivity contribution in [3.8, 4) is 5.75 Å². The van der Waals surface area contributed by atoms with Gasteiger partial charge in [-0.1, -0.05) is 6.07 Å². The van der Waals surface area contributed by atoms with Crippen molar-refractivity contribution in [1.29, 1.82) is 0 Å². The van der Waals surface area contributed by atoms with Gasteiger partial charge in [-0.2, -0.15) is 0 Å². The maximum Gasteiger partial charge on any atom is 0.340 e. The van der Waals surface area contributed by atoms with Crippen molar-refractivity contribution < 1.29 is 23.9 Å². The minimum atomic E-state index is -0.583. The summed E-state index contributed by atoms with van der Waals surface area (Å²) < 4.78 is 9.89. The zero-order chi connectivity index (χ0) is 19.4. The van der Waals surface area contributed by atoms with E-state index in [0.717, 1.165) is 6.42 Å². The Morgan fingerprint density at radius 3 is 2.59 bits per heavy atom. The van der Waals surface area contributed by atoms with Crippen LogP contribution in [-0.4, -0.2) is 38.5 Å². The largest absolute Gasteiger partial charge is 0.497 e. The van der Waals surface area contributed by atoms with Gasteiger partial charge >= 0.3 is 5.97 Å². The lowest BCUT2D eigenvalue weighted by atomic mass is 10.1. The number of esters is 1. The van der Waals surface area contributed by atoms with E-state index in [1.165, 1.54) is 20.3 Å². The summed E-state index contributed by atoms with van der Waals surface area (Å²) in [4.78, 5) is 38.3. The number of benzene rings is 2. The third-order valence-corrected chi connectivity index (χ3v) is 4.37. The van der Waals surface area contributed by atoms with Crippen molar-refractivity contribution >= 4 is 29.2 Å². The van der Waals surface area contributed by atoms with Crippen LogP contribution in [0.4, 0.5) is 11.4 Å². The molecule has 0 bridgehead atoms. The Morgan fingerprint density at radius 1 is 1.11 bits per heavy atom. The minimum Gasteiger partial charge on any atom is -0.497 e. The summed E-state index contributed by atoms with van der Waals surface area (Å²) in [6.45, 7) is 0.648. The molecule has 27 heavy (non-hydrogen) atoms. The van der Waals surface area contributed by atoms with Crippen LogP contribution in [0, 0.1) is 0 Å². The first kappa shape index (κ1) is 18.4. The van der Waals surface area contributed by atoms with Crippen LogP contribution >= 0.6 is 0 Å². The number of nitrogens with zero attached hydrogens (tertiary/aromatic N) is 1. The number of hydrogen-bond donors (Lipinski definition) is 1. The quantitative estimate of drug-likeness (QED) is 0.821. The molecule has 140 valence electrons. The van der Waals surface area contributed by atoms with Crippen LogP contribution in [0.2, 0.25) is 0 Å². The number of carbonyl (C=O) groups is 3. The Hall–Kier alpha value is -3.35. The van der Waals surface area contributed by atoms with E-state index >= 15 is 0 Å². The first-order chi connectivity index (χ1) is 13.0. The molecule has 0 aliphatic carbocycles. The van der Waals surface area contributed by atoms with E-state index in [9.17, 15) is 14.4 Å². The van der Waals surface area contributed by atoms with Gasteiger partial charge in [-0.3, -0.25) is 9.59 Å². The van der Waals surface area contributed by atoms with Gasteiger partial charge in [0.15, 0.2) is 0 Å². The molecule has 2 aromatic rings. The molecular formula is C20H20N2O5. The van der Waals surface area contributed by atoms with Crippen molar-refractivity contribution in [2.45, 2.75) is 12.8 Å². The van der Waals surface area contributed by atoms with Crippen molar-refractivity contribution in [1.82, 2.24) is 0 Å². The standard InChI is InChI=1S/C20H20N2O5/c1-26-15-8-9-17(16(12-15)20(25)27-2)21-19(24)13-5-3-6-14(11-13)22-10-4-7-18(22)23/h3,5-6,8-9,11-12H,4,7,10H2,1-2H3,(H,21,24). The van der Waals surface area contributed by atoms with Crippen molar-refractivity contribution in [3.05, 3.63) is 53.6 Å². The molecule has 0 radical (unpaired) electrons. The number of anilines is 2. The van der Waals surface area contributed by atoms with E-state index < -0.39 is 5.97 Å². The summed E-state index contributed by atoms with van der Waals surface area (Å²) in [7, 11) is 2.75. The molecule has 1 heterocycles. The summed E-state index contributed by atoms with van der Waals surface area (Å²) in [6, 6.07) is 11.6. The maximum atomic E-state index is 12.7. The molecule has 7 heteroatoms. The third kappa shape index (κ3) is 3.92. The molecule has 2 amide bonds. The molecule has 3 rings (SSSR count). The maximum absolute atomic E-state index is 12.7. The molecular weight excluding hydrogens is 348 g/mol. The molecule has 0 aromatic heterocycles. The van der Waals surface area contributed by atoms with E-state index in [0.29, 0.717) is 35.7 Å². The summed E-state index contributed by atoms with van der Waals surface area (Å²) in [5, 5.41) is 2.72. The predicted octanol–water partition coefficient (Wildman–Crippen LogP) is 2.86. The van der Waals surface area contributed by atoms with E-state index in [-0.39, 0.29) is 17.4 Å². The Labute approximate surface area is 156 Å². The van der Waals surface area contributed by atoms with Crippen LogP contribution in [0.25, 0.3) is 0 Å². The van der Waals surface area contributed by atoms with Gasteiger partial charge in [0.05, 0.1) is 25.5 Å². The zero-order valence-corrected chi connectivity index (χ0v) is 15.2. The monoisotopic (exact) mass is 368 g/mol. The molecule has 1 saturated heterocycles. The second kappa shape index (κ2) is 7.90. The minimum absolute atomic E-state index is 0.0516. The highest BCUT2D eigenvalue weighted by atomic mass is 16.5. The summed E-state index contributed by atoms with van der Waals surface area (Å²) in [5.41, 5.74) is 1.58. The molecule has 1 aliphatic heterocycles. The normalized spacial score (nSPS) is 13.4. The summed E-state index contributed by atoms with van der Waals surface area (Å²) in [6.07, 6.45) is 1.33. The van der Waals surface area contributed by atoms with Crippen LogP contribution in [0.3, 0.4) is 0 Å². The average Bonchev–Trinajstić information content (AvgIpc) is 3.13. The van der Waals surface area contributed by atoms with Gasteiger partial charge in [0.25, 0.3) is 5.91 Å². The van der Waals surface area contributed by atoms with Crippen LogP contribution in [-0.2, 0) is 9.53 Å². The third-order valence-electron chi connectivity index (χ3n) is 4.37. The first-order valence-corrected chi connectivity index (χ1v) is 8.51. The van der Waals surface area contributed by atoms with Crippen molar-refractivity contribution in [3.63, 3.8) is 0 Å². The lowest BCUT2D eigenvalue weighted by Crippen LogP contribution is -2.24. The van der Waals surface area contributed by atoms with Crippen LogP contribution in [0.5, 0.6) is 5.75 Å². The number of hydrogen-bond acceptors (Lipinski definition) is 5. The number of amides is 2. The zero-order valence-electron chi connectivity index (χ0n) is 15.2. The molecule has 0 spiro atoms. The number of nitrogens with one attached hydrogen (secondary N) is 1. The van der Waals surface area contributed by atoms with Gasteiger partial charge in [0, 0.05) is 24.2 Å². The molecule has 2 aromatic carbocycles. The van der Waals surface area contributed by atoms with Crippen molar-refractivity contribution in [2.24, 2.45) is 0 Å². The molecule has 1 N–H and O–H groups in total. The molecule has 0 unspecified atom stereocenters. The highest BCUT2D eigenvalue weighted by Crippen LogP contribution is 2.25. The number of rotatable bonds is 5.